The van der Waals surface area contributed by atoms with Crippen LogP contribution in [0, 0.1) is 0 Å². The first kappa shape index (κ1) is 17.7. The fraction of sp³-hybridized carbons (Fsp3) is 0.368. The molecule has 0 amide bonds. The van der Waals surface area contributed by atoms with Gasteiger partial charge in [-0.3, -0.25) is 0 Å². The van der Waals surface area contributed by atoms with Crippen LogP contribution in [0.2, 0.25) is 0 Å². The first-order chi connectivity index (χ1) is 11.8. The Morgan fingerprint density at radius 3 is 2.00 bits per heavy atom. The van der Waals surface area contributed by atoms with E-state index < -0.39 is 0 Å². The molecule has 0 bridgehead atoms. The first-order valence-corrected chi connectivity index (χ1v) is 8.33. The van der Waals surface area contributed by atoms with Crippen LogP contribution < -0.4 is 24.7 Å². The van der Waals surface area contributed by atoms with E-state index in [9.17, 15) is 0 Å². The van der Waals surface area contributed by atoms with Crippen molar-refractivity contribution < 1.29 is 18.9 Å². The summed E-state index contributed by atoms with van der Waals surface area (Å²) in [6.45, 7) is 2.40. The Balaban J connectivity index is 0.00000182. The second-order valence-electron chi connectivity index (χ2n) is 6.03. The van der Waals surface area contributed by atoms with Gasteiger partial charge in [0.05, 0.1) is 0 Å². The Kier molecular flexibility index (Phi) is 5.56. The van der Waals surface area contributed by atoms with Gasteiger partial charge >= 0.3 is 0 Å². The predicted molar refractivity (Wildman–Crippen MR) is 97.4 cm³/mol. The topological polar surface area (TPSA) is 62.9 Å². The van der Waals surface area contributed by atoms with E-state index >= 15 is 0 Å². The molecule has 134 valence electrons. The Labute approximate surface area is 153 Å². The summed E-state index contributed by atoms with van der Waals surface area (Å²) in [6, 6.07) is 12.0. The molecule has 0 aromatic heterocycles. The molecule has 4 rings (SSSR count). The summed E-state index contributed by atoms with van der Waals surface area (Å²) in [6.07, 6.45) is 1.73. The van der Waals surface area contributed by atoms with Gasteiger partial charge in [0.15, 0.2) is 23.0 Å². The van der Waals surface area contributed by atoms with Crippen LogP contribution in [0.5, 0.6) is 23.0 Å². The Morgan fingerprint density at radius 2 is 1.32 bits per heavy atom. The second kappa shape index (κ2) is 7.85. The molecule has 2 aromatic carbocycles. The lowest BCUT2D eigenvalue weighted by Gasteiger charge is -2.21. The summed E-state index contributed by atoms with van der Waals surface area (Å²) in [5.74, 6) is 3.23. The maximum absolute atomic E-state index is 6.36. The molecular formula is C19H22ClNO4. The smallest absolute Gasteiger partial charge is 0.161 e. The van der Waals surface area contributed by atoms with Crippen molar-refractivity contribution in [3.63, 3.8) is 0 Å². The molecule has 1 atom stereocenters. The van der Waals surface area contributed by atoms with E-state index in [-0.39, 0.29) is 18.4 Å². The van der Waals surface area contributed by atoms with Crippen molar-refractivity contribution >= 4 is 12.4 Å². The number of rotatable bonds is 4. The highest BCUT2D eigenvalue weighted by molar-refractivity contribution is 5.85. The average Bonchev–Trinajstić information content (AvgIpc) is 2.65. The van der Waals surface area contributed by atoms with Crippen LogP contribution in [0.15, 0.2) is 36.4 Å². The maximum atomic E-state index is 6.36. The van der Waals surface area contributed by atoms with Crippen LogP contribution in [0.4, 0.5) is 0 Å². The van der Waals surface area contributed by atoms with Crippen LogP contribution in [0.1, 0.15) is 23.6 Å². The Bertz CT molecular complexity index is 737. The van der Waals surface area contributed by atoms with Crippen molar-refractivity contribution in [3.8, 4) is 23.0 Å². The van der Waals surface area contributed by atoms with E-state index in [1.54, 1.807) is 0 Å². The van der Waals surface area contributed by atoms with Gasteiger partial charge in [-0.2, -0.15) is 0 Å². The van der Waals surface area contributed by atoms with Crippen molar-refractivity contribution in [2.45, 2.75) is 18.9 Å². The molecule has 2 N–H and O–H groups in total. The minimum Gasteiger partial charge on any atom is -0.486 e. The van der Waals surface area contributed by atoms with Gasteiger partial charge in [-0.1, -0.05) is 12.1 Å². The number of hydrogen-bond acceptors (Lipinski definition) is 5. The molecule has 2 aliphatic rings. The number of ether oxygens (including phenoxy) is 4. The second-order valence-corrected chi connectivity index (χ2v) is 6.03. The van der Waals surface area contributed by atoms with Gasteiger partial charge < -0.3 is 24.7 Å². The van der Waals surface area contributed by atoms with Gasteiger partial charge in [0.25, 0.3) is 0 Å². The third kappa shape index (κ3) is 3.94. The highest BCUT2D eigenvalue weighted by Gasteiger charge is 2.16. The van der Waals surface area contributed by atoms with Crippen LogP contribution in [-0.2, 0) is 6.42 Å². The van der Waals surface area contributed by atoms with Crippen LogP contribution in [-0.4, -0.2) is 26.4 Å². The molecule has 6 heteroatoms. The van der Waals surface area contributed by atoms with Gasteiger partial charge in [-0.15, -0.1) is 12.4 Å². The van der Waals surface area contributed by atoms with Crippen molar-refractivity contribution in [1.82, 2.24) is 0 Å². The zero-order valence-corrected chi connectivity index (χ0v) is 14.7. The number of nitrogens with two attached hydrogens (primary N) is 1. The molecule has 0 aliphatic carbocycles. The number of benzene rings is 2. The summed E-state index contributed by atoms with van der Waals surface area (Å²) < 4.78 is 22.4. The lowest BCUT2D eigenvalue weighted by Crippen LogP contribution is -2.17. The lowest BCUT2D eigenvalue weighted by molar-refractivity contribution is 0.171. The van der Waals surface area contributed by atoms with Crippen LogP contribution >= 0.6 is 12.4 Å². The molecular weight excluding hydrogens is 342 g/mol. The van der Waals surface area contributed by atoms with Crippen molar-refractivity contribution in [3.05, 3.63) is 47.5 Å². The molecule has 2 heterocycles. The predicted octanol–water partition coefficient (Wildman–Crippen LogP) is 3.28. The average molecular weight is 364 g/mol. The van der Waals surface area contributed by atoms with Crippen molar-refractivity contribution in [2.24, 2.45) is 5.73 Å². The van der Waals surface area contributed by atoms with E-state index in [1.807, 2.05) is 30.3 Å². The molecule has 0 radical (unpaired) electrons. The highest BCUT2D eigenvalue weighted by atomic mass is 35.5. The highest BCUT2D eigenvalue weighted by Crippen LogP contribution is 2.34. The summed E-state index contributed by atoms with van der Waals surface area (Å²) in [7, 11) is 0. The zero-order chi connectivity index (χ0) is 16.4. The standard InChI is InChI=1S/C19H21NO4.ClH/c20-15(14-3-6-17-19(12-14)24-10-8-22-17)4-1-13-2-5-16-18(11-13)23-9-7-21-16;/h2-3,5-6,11-12,15H,1,4,7-10,20H2;1H. The van der Waals surface area contributed by atoms with Crippen molar-refractivity contribution in [1.29, 1.82) is 0 Å². The molecule has 2 aliphatic heterocycles. The fourth-order valence-electron chi connectivity index (χ4n) is 3.02. The quantitative estimate of drug-likeness (QED) is 0.903. The number of fused-ring (bicyclic) bond motifs is 2. The van der Waals surface area contributed by atoms with Gasteiger partial charge in [0.1, 0.15) is 26.4 Å². The summed E-state index contributed by atoms with van der Waals surface area (Å²) in [5.41, 5.74) is 8.63. The Morgan fingerprint density at radius 1 is 0.760 bits per heavy atom. The normalized spacial score (nSPS) is 15.9. The summed E-state index contributed by atoms with van der Waals surface area (Å²) in [4.78, 5) is 0. The summed E-state index contributed by atoms with van der Waals surface area (Å²) >= 11 is 0. The lowest BCUT2D eigenvalue weighted by atomic mass is 9.99. The van der Waals surface area contributed by atoms with E-state index in [0.29, 0.717) is 26.4 Å². The molecule has 0 saturated heterocycles. The van der Waals surface area contributed by atoms with E-state index in [1.165, 1.54) is 5.56 Å². The number of aryl methyl sites for hydroxylation is 1. The number of hydrogen-bond donors (Lipinski definition) is 1. The first-order valence-electron chi connectivity index (χ1n) is 8.33. The molecule has 25 heavy (non-hydrogen) atoms. The monoisotopic (exact) mass is 363 g/mol. The largest absolute Gasteiger partial charge is 0.486 e. The zero-order valence-electron chi connectivity index (χ0n) is 13.9. The molecule has 0 spiro atoms. The molecule has 2 aromatic rings. The van der Waals surface area contributed by atoms with Gasteiger partial charge in [-0.05, 0) is 48.2 Å². The summed E-state index contributed by atoms with van der Waals surface area (Å²) in [5, 5.41) is 0. The Hall–Kier alpha value is -2.11. The fourth-order valence-corrected chi connectivity index (χ4v) is 3.02. The van der Waals surface area contributed by atoms with E-state index in [0.717, 1.165) is 41.4 Å². The minimum absolute atomic E-state index is 0. The van der Waals surface area contributed by atoms with E-state index in [4.69, 9.17) is 24.7 Å². The molecule has 0 saturated carbocycles. The maximum Gasteiger partial charge on any atom is 0.161 e. The van der Waals surface area contributed by atoms with Crippen LogP contribution in [0.25, 0.3) is 0 Å². The molecule has 0 fully saturated rings. The van der Waals surface area contributed by atoms with Crippen LogP contribution in [0.3, 0.4) is 0 Å². The SMILES string of the molecule is Cl.NC(CCc1ccc2c(c1)OCCO2)c1ccc2c(c1)OCCO2. The third-order valence-corrected chi connectivity index (χ3v) is 4.34. The molecule has 1 unspecified atom stereocenters. The van der Waals surface area contributed by atoms with E-state index in [2.05, 4.69) is 6.07 Å². The number of halogens is 1. The molecule has 5 nitrogen and oxygen atoms in total. The third-order valence-electron chi connectivity index (χ3n) is 4.34. The van der Waals surface area contributed by atoms with Crippen molar-refractivity contribution in [2.75, 3.05) is 26.4 Å². The van der Waals surface area contributed by atoms with Gasteiger partial charge in [0.2, 0.25) is 0 Å². The minimum atomic E-state index is -0.0472. The van der Waals surface area contributed by atoms with Gasteiger partial charge in [0, 0.05) is 6.04 Å². The van der Waals surface area contributed by atoms with Gasteiger partial charge in [-0.25, -0.2) is 0 Å².